The zero-order valence-electron chi connectivity index (χ0n) is 11.1. The number of aryl methyl sites for hydroxylation is 1. The molecule has 2 unspecified atom stereocenters. The number of hydrogen-bond donors (Lipinski definition) is 2. The number of hydrogen-bond acceptors (Lipinski definition) is 4. The van der Waals surface area contributed by atoms with Crippen LogP contribution in [0.5, 0.6) is 0 Å². The molecular formula is C12H21Cl2N3OS. The topological polar surface area (TPSA) is 54.0 Å². The van der Waals surface area contributed by atoms with Gasteiger partial charge in [-0.25, -0.2) is 4.98 Å². The molecule has 0 spiro atoms. The van der Waals surface area contributed by atoms with Crippen molar-refractivity contribution in [1.29, 1.82) is 0 Å². The van der Waals surface area contributed by atoms with Crippen LogP contribution in [0.2, 0.25) is 0 Å². The SMILES string of the molecule is Cc1cnc(C(C)NC(=O)C2CCCCN2)s1.Cl.Cl. The number of nitrogens with one attached hydrogen (secondary N) is 2. The van der Waals surface area contributed by atoms with Crippen molar-refractivity contribution < 1.29 is 4.79 Å². The van der Waals surface area contributed by atoms with Crippen LogP contribution in [0, 0.1) is 6.92 Å². The Kier molecular flexibility index (Phi) is 8.57. The van der Waals surface area contributed by atoms with E-state index in [1.807, 2.05) is 20.0 Å². The van der Waals surface area contributed by atoms with E-state index in [0.29, 0.717) is 0 Å². The molecule has 0 bridgehead atoms. The predicted octanol–water partition coefficient (Wildman–Crippen LogP) is 2.61. The lowest BCUT2D eigenvalue weighted by Gasteiger charge is -2.24. The zero-order valence-corrected chi connectivity index (χ0v) is 13.6. The van der Waals surface area contributed by atoms with Crippen LogP contribution >= 0.6 is 36.2 Å². The number of amides is 1. The fraction of sp³-hybridized carbons (Fsp3) is 0.667. The van der Waals surface area contributed by atoms with Crippen molar-refractivity contribution in [2.24, 2.45) is 0 Å². The van der Waals surface area contributed by atoms with Gasteiger partial charge in [0.2, 0.25) is 5.91 Å². The summed E-state index contributed by atoms with van der Waals surface area (Å²) in [4.78, 5) is 17.5. The van der Waals surface area contributed by atoms with Crippen molar-refractivity contribution in [2.45, 2.75) is 45.2 Å². The summed E-state index contributed by atoms with van der Waals surface area (Å²) in [5.41, 5.74) is 0. The van der Waals surface area contributed by atoms with Gasteiger partial charge in [0.25, 0.3) is 0 Å². The molecule has 1 saturated heterocycles. The maximum absolute atomic E-state index is 12.0. The van der Waals surface area contributed by atoms with E-state index in [2.05, 4.69) is 15.6 Å². The van der Waals surface area contributed by atoms with Crippen LogP contribution in [0.1, 0.15) is 42.1 Å². The Morgan fingerprint density at radius 3 is 2.79 bits per heavy atom. The van der Waals surface area contributed by atoms with E-state index < -0.39 is 0 Å². The summed E-state index contributed by atoms with van der Waals surface area (Å²) in [7, 11) is 0. The maximum Gasteiger partial charge on any atom is 0.237 e. The first-order chi connectivity index (χ1) is 8.16. The third-order valence-corrected chi connectivity index (χ3v) is 4.09. The fourth-order valence-electron chi connectivity index (χ4n) is 2.02. The van der Waals surface area contributed by atoms with Gasteiger partial charge in [-0.3, -0.25) is 4.79 Å². The van der Waals surface area contributed by atoms with Gasteiger partial charge in [0, 0.05) is 11.1 Å². The van der Waals surface area contributed by atoms with Crippen LogP contribution < -0.4 is 10.6 Å². The monoisotopic (exact) mass is 325 g/mol. The molecule has 2 N–H and O–H groups in total. The van der Waals surface area contributed by atoms with Gasteiger partial charge in [-0.1, -0.05) is 6.42 Å². The van der Waals surface area contributed by atoms with Gasteiger partial charge in [0.05, 0.1) is 12.1 Å². The number of halogens is 2. The van der Waals surface area contributed by atoms with Crippen LogP contribution in [0.15, 0.2) is 6.20 Å². The maximum atomic E-state index is 12.0. The second kappa shape index (κ2) is 8.74. The first kappa shape index (κ1) is 18.6. The lowest BCUT2D eigenvalue weighted by Crippen LogP contribution is -2.47. The largest absolute Gasteiger partial charge is 0.346 e. The number of nitrogens with zero attached hydrogens (tertiary/aromatic N) is 1. The third-order valence-electron chi connectivity index (χ3n) is 3.00. The average molecular weight is 326 g/mol. The van der Waals surface area contributed by atoms with E-state index >= 15 is 0 Å². The molecule has 2 heterocycles. The lowest BCUT2D eigenvalue weighted by atomic mass is 10.0. The molecule has 110 valence electrons. The minimum atomic E-state index is -0.0211. The summed E-state index contributed by atoms with van der Waals surface area (Å²) >= 11 is 1.64. The van der Waals surface area contributed by atoms with E-state index in [9.17, 15) is 4.79 Å². The lowest BCUT2D eigenvalue weighted by molar-refractivity contribution is -0.124. The van der Waals surface area contributed by atoms with Crippen LogP contribution in [0.3, 0.4) is 0 Å². The van der Waals surface area contributed by atoms with Gasteiger partial charge < -0.3 is 10.6 Å². The summed E-state index contributed by atoms with van der Waals surface area (Å²) in [5.74, 6) is 0.102. The van der Waals surface area contributed by atoms with Crippen LogP contribution in [0.25, 0.3) is 0 Å². The Labute approximate surface area is 130 Å². The van der Waals surface area contributed by atoms with Gasteiger partial charge in [0.1, 0.15) is 5.01 Å². The molecule has 1 amide bonds. The van der Waals surface area contributed by atoms with Gasteiger partial charge >= 0.3 is 0 Å². The van der Waals surface area contributed by atoms with E-state index in [-0.39, 0.29) is 42.8 Å². The third kappa shape index (κ3) is 5.26. The van der Waals surface area contributed by atoms with Crippen molar-refractivity contribution in [3.63, 3.8) is 0 Å². The summed E-state index contributed by atoms with van der Waals surface area (Å²) in [5, 5.41) is 7.26. The molecule has 0 aromatic carbocycles. The Hall–Kier alpha value is -0.360. The van der Waals surface area contributed by atoms with Crippen molar-refractivity contribution >= 4 is 42.1 Å². The molecule has 0 aliphatic carbocycles. The standard InChI is InChI=1S/C12H19N3OS.2ClH/c1-8-7-14-12(17-8)9(2)15-11(16)10-5-3-4-6-13-10;;/h7,9-10,13H,3-6H2,1-2H3,(H,15,16);2*1H. The van der Waals surface area contributed by atoms with Crippen LogP contribution in [-0.4, -0.2) is 23.5 Å². The molecular weight excluding hydrogens is 305 g/mol. The van der Waals surface area contributed by atoms with E-state index in [0.717, 1.165) is 24.4 Å². The van der Waals surface area contributed by atoms with Crippen molar-refractivity contribution in [3.05, 3.63) is 16.1 Å². The number of rotatable bonds is 3. The van der Waals surface area contributed by atoms with E-state index in [1.165, 1.54) is 11.3 Å². The van der Waals surface area contributed by atoms with E-state index in [4.69, 9.17) is 0 Å². The average Bonchev–Trinajstić information content (AvgIpc) is 2.77. The smallest absolute Gasteiger partial charge is 0.237 e. The minimum Gasteiger partial charge on any atom is -0.346 e. The number of piperidine rings is 1. The minimum absolute atomic E-state index is 0. The number of aromatic nitrogens is 1. The van der Waals surface area contributed by atoms with Gasteiger partial charge in [-0.05, 0) is 33.2 Å². The normalized spacial score (nSPS) is 19.8. The summed E-state index contributed by atoms with van der Waals surface area (Å²) in [6.07, 6.45) is 5.10. The van der Waals surface area contributed by atoms with Crippen LogP contribution in [0.4, 0.5) is 0 Å². The highest BCUT2D eigenvalue weighted by Gasteiger charge is 2.22. The molecule has 1 aliphatic rings. The highest BCUT2D eigenvalue weighted by molar-refractivity contribution is 7.11. The van der Waals surface area contributed by atoms with Crippen molar-refractivity contribution in [2.75, 3.05) is 6.54 Å². The highest BCUT2D eigenvalue weighted by atomic mass is 35.5. The predicted molar refractivity (Wildman–Crippen MR) is 83.5 cm³/mol. The van der Waals surface area contributed by atoms with Gasteiger partial charge in [0.15, 0.2) is 0 Å². The van der Waals surface area contributed by atoms with Gasteiger partial charge in [-0.2, -0.15) is 0 Å². The Morgan fingerprint density at radius 1 is 1.53 bits per heavy atom. The Morgan fingerprint density at radius 2 is 2.26 bits per heavy atom. The van der Waals surface area contributed by atoms with Crippen molar-refractivity contribution in [3.8, 4) is 0 Å². The molecule has 1 aromatic rings. The molecule has 4 nitrogen and oxygen atoms in total. The van der Waals surface area contributed by atoms with E-state index in [1.54, 1.807) is 11.3 Å². The molecule has 1 aliphatic heterocycles. The second-order valence-electron chi connectivity index (χ2n) is 4.54. The number of carbonyl (C=O) groups is 1. The summed E-state index contributed by atoms with van der Waals surface area (Å²) in [6, 6.07) is -0.0165. The number of thiazole rings is 1. The molecule has 1 fully saturated rings. The summed E-state index contributed by atoms with van der Waals surface area (Å²) < 4.78 is 0. The molecule has 1 aromatic heterocycles. The first-order valence-electron chi connectivity index (χ1n) is 6.13. The summed E-state index contributed by atoms with van der Waals surface area (Å²) in [6.45, 7) is 4.96. The Balaban J connectivity index is 0.00000162. The fourth-order valence-corrected chi connectivity index (χ4v) is 2.80. The second-order valence-corrected chi connectivity index (χ2v) is 5.81. The number of carbonyl (C=O) groups excluding carboxylic acids is 1. The molecule has 0 saturated carbocycles. The highest BCUT2D eigenvalue weighted by Crippen LogP contribution is 2.19. The van der Waals surface area contributed by atoms with Crippen LogP contribution in [-0.2, 0) is 4.79 Å². The quantitative estimate of drug-likeness (QED) is 0.898. The van der Waals surface area contributed by atoms with Gasteiger partial charge in [-0.15, -0.1) is 36.2 Å². The molecule has 7 heteroatoms. The molecule has 0 radical (unpaired) electrons. The Bertz CT molecular complexity index is 394. The first-order valence-corrected chi connectivity index (χ1v) is 6.94. The van der Waals surface area contributed by atoms with Crippen molar-refractivity contribution in [1.82, 2.24) is 15.6 Å². The molecule has 2 atom stereocenters. The molecule has 2 rings (SSSR count). The molecule has 19 heavy (non-hydrogen) atoms. The zero-order chi connectivity index (χ0) is 12.3.